The molecule has 0 unspecified atom stereocenters. The number of esters is 2. The van der Waals surface area contributed by atoms with Gasteiger partial charge in [-0.15, -0.1) is 0 Å². The molecule has 0 bridgehead atoms. The number of hydrogen-bond acceptors (Lipinski definition) is 12. The summed E-state index contributed by atoms with van der Waals surface area (Å²) in [6.07, 6.45) is -0.628. The maximum atomic E-state index is 11.5. The second-order valence-electron chi connectivity index (χ2n) is 7.11. The number of ether oxygens (including phenoxy) is 4. The Bertz CT molecular complexity index is 1380. The Balaban J connectivity index is 0.000000269. The van der Waals surface area contributed by atoms with Crippen LogP contribution in [-0.2, 0) is 25.5 Å². The van der Waals surface area contributed by atoms with E-state index >= 15 is 0 Å². The zero-order chi connectivity index (χ0) is 27.9. The third-order valence-electron chi connectivity index (χ3n) is 4.91. The van der Waals surface area contributed by atoms with Crippen LogP contribution < -0.4 is 15.2 Å². The van der Waals surface area contributed by atoms with Gasteiger partial charge in [-0.1, -0.05) is 0 Å². The summed E-state index contributed by atoms with van der Waals surface area (Å²) < 4.78 is 18.7. The minimum absolute atomic E-state index is 0.183. The number of nitro groups is 2. The topological polar surface area (TPSA) is 216 Å². The van der Waals surface area contributed by atoms with Crippen LogP contribution in [-0.4, -0.2) is 61.0 Å². The predicted molar refractivity (Wildman–Crippen MR) is 128 cm³/mol. The van der Waals surface area contributed by atoms with E-state index in [-0.39, 0.29) is 11.3 Å². The lowest BCUT2D eigenvalue weighted by atomic mass is 10.1. The quantitative estimate of drug-likeness (QED) is 0.144. The number of aromatic nitrogens is 1. The van der Waals surface area contributed by atoms with Crippen LogP contribution in [0.5, 0.6) is 11.5 Å². The fourth-order valence-corrected chi connectivity index (χ4v) is 3.15. The predicted octanol–water partition coefficient (Wildman–Crippen LogP) is 2.34. The second-order valence-corrected chi connectivity index (χ2v) is 7.11. The number of fused-ring (bicyclic) bond motifs is 1. The second kappa shape index (κ2) is 12.0. The van der Waals surface area contributed by atoms with E-state index in [0.717, 1.165) is 31.2 Å². The average molecular weight is 518 g/mol. The number of Topliss-reactive ketones (excluding diaryl/α,β-unsaturated/α-hetero) is 1. The van der Waals surface area contributed by atoms with E-state index in [1.807, 2.05) is 0 Å². The molecular formula is C22H22N4O11. The Morgan fingerprint density at radius 1 is 0.865 bits per heavy atom. The molecule has 0 fully saturated rings. The molecule has 0 radical (unpaired) electrons. The molecule has 15 nitrogen and oxygen atoms in total. The SMILES string of the molecule is COC(=O)C(=O)Cc1cc(OC)c([N+](=O)[O-])cc1[N+](=O)[O-].COC(=O)c1cc2cc(OC)c(N)cc2[nH]1. The standard InChI is InChI=1S/C11H10N2O8.C11H12N2O3/c1-20-10-4-6(3-9(14)11(15)21-2)7(12(16)17)5-8(10)13(18)19;1-15-10-4-6-3-9(11(14)16-2)13-8(6)5-7(10)12/h4-5H,3H2,1-2H3;3-5,13H,12H2,1-2H3. The number of nitrogen functional groups attached to an aromatic ring is 1. The van der Waals surface area contributed by atoms with Crippen molar-refractivity contribution in [3.63, 3.8) is 0 Å². The number of rotatable bonds is 8. The maximum Gasteiger partial charge on any atom is 0.374 e. The molecule has 0 aliphatic heterocycles. The number of anilines is 1. The number of benzene rings is 2. The highest BCUT2D eigenvalue weighted by atomic mass is 16.6. The number of methoxy groups -OCH3 is 4. The number of nitrogens with two attached hydrogens (primary N) is 1. The first-order valence-electron chi connectivity index (χ1n) is 10.1. The molecule has 15 heteroatoms. The minimum atomic E-state index is -1.17. The van der Waals surface area contributed by atoms with Gasteiger partial charge < -0.3 is 29.7 Å². The molecule has 3 N–H and O–H groups in total. The summed E-state index contributed by atoms with van der Waals surface area (Å²) in [4.78, 5) is 56.8. The van der Waals surface area contributed by atoms with Gasteiger partial charge >= 0.3 is 17.6 Å². The van der Waals surface area contributed by atoms with E-state index in [4.69, 9.17) is 15.2 Å². The molecule has 3 rings (SSSR count). The number of nitrogens with one attached hydrogen (secondary N) is 1. The molecule has 0 aliphatic rings. The minimum Gasteiger partial charge on any atom is -0.495 e. The third kappa shape index (κ3) is 6.47. The largest absolute Gasteiger partial charge is 0.495 e. The molecule has 0 amide bonds. The van der Waals surface area contributed by atoms with E-state index in [9.17, 15) is 34.6 Å². The Morgan fingerprint density at radius 3 is 2.00 bits per heavy atom. The summed E-state index contributed by atoms with van der Waals surface area (Å²) in [6.45, 7) is 0. The molecule has 37 heavy (non-hydrogen) atoms. The van der Waals surface area contributed by atoms with E-state index in [2.05, 4.69) is 14.5 Å². The Morgan fingerprint density at radius 2 is 1.49 bits per heavy atom. The molecule has 1 aromatic heterocycles. The van der Waals surface area contributed by atoms with E-state index in [0.29, 0.717) is 23.2 Å². The number of nitro benzene ring substituents is 2. The van der Waals surface area contributed by atoms with Crippen LogP contribution in [0.2, 0.25) is 0 Å². The van der Waals surface area contributed by atoms with Crippen molar-refractivity contribution in [2.75, 3.05) is 34.2 Å². The van der Waals surface area contributed by atoms with Crippen molar-refractivity contribution in [3.8, 4) is 11.5 Å². The number of H-pyrrole nitrogens is 1. The number of carbonyl (C=O) groups is 3. The van der Waals surface area contributed by atoms with Crippen LogP contribution in [0.4, 0.5) is 17.1 Å². The molecule has 2 aromatic carbocycles. The van der Waals surface area contributed by atoms with Crippen molar-refractivity contribution in [1.29, 1.82) is 0 Å². The number of hydrogen-bond donors (Lipinski definition) is 2. The van der Waals surface area contributed by atoms with Crippen LogP contribution in [0, 0.1) is 20.2 Å². The highest BCUT2D eigenvalue weighted by Gasteiger charge is 2.28. The average Bonchev–Trinajstić information content (AvgIpc) is 3.29. The molecule has 0 saturated carbocycles. The Kier molecular flexibility index (Phi) is 9.06. The van der Waals surface area contributed by atoms with Crippen molar-refractivity contribution >= 4 is 45.7 Å². The van der Waals surface area contributed by atoms with Crippen LogP contribution in [0.15, 0.2) is 30.3 Å². The van der Waals surface area contributed by atoms with Crippen molar-refractivity contribution < 1.29 is 43.2 Å². The summed E-state index contributed by atoms with van der Waals surface area (Å²) in [6, 6.07) is 6.85. The summed E-state index contributed by atoms with van der Waals surface area (Å²) in [5.41, 5.74) is 6.00. The zero-order valence-corrected chi connectivity index (χ0v) is 20.1. The summed E-state index contributed by atoms with van der Waals surface area (Å²) >= 11 is 0. The highest BCUT2D eigenvalue weighted by molar-refractivity contribution is 6.34. The molecule has 1 heterocycles. The first kappa shape index (κ1) is 28.0. The molecule has 196 valence electrons. The lowest BCUT2D eigenvalue weighted by Crippen LogP contribution is -2.18. The van der Waals surface area contributed by atoms with Gasteiger partial charge in [-0.2, -0.15) is 0 Å². The normalized spacial score (nSPS) is 10.1. The van der Waals surface area contributed by atoms with Crippen molar-refractivity contribution in [2.45, 2.75) is 6.42 Å². The lowest BCUT2D eigenvalue weighted by Gasteiger charge is -2.06. The van der Waals surface area contributed by atoms with Gasteiger partial charge in [0.2, 0.25) is 5.78 Å². The molecular weight excluding hydrogens is 496 g/mol. The summed E-state index contributed by atoms with van der Waals surface area (Å²) in [5.74, 6) is -2.26. The van der Waals surface area contributed by atoms with Crippen molar-refractivity contribution in [1.82, 2.24) is 4.98 Å². The summed E-state index contributed by atoms with van der Waals surface area (Å²) in [7, 11) is 5.01. The maximum absolute atomic E-state index is 11.5. The highest BCUT2D eigenvalue weighted by Crippen LogP contribution is 2.34. The monoisotopic (exact) mass is 518 g/mol. The number of nitrogens with zero attached hydrogens (tertiary/aromatic N) is 2. The van der Waals surface area contributed by atoms with Gasteiger partial charge in [0.05, 0.1) is 50.0 Å². The lowest BCUT2D eigenvalue weighted by molar-refractivity contribution is -0.395. The summed E-state index contributed by atoms with van der Waals surface area (Å²) in [5, 5.41) is 22.6. The van der Waals surface area contributed by atoms with Crippen LogP contribution >= 0.6 is 0 Å². The Hall–Kier alpha value is -5.21. The number of ketones is 1. The molecule has 0 atom stereocenters. The van der Waals surface area contributed by atoms with Gasteiger partial charge in [-0.25, -0.2) is 9.59 Å². The fraction of sp³-hybridized carbons (Fsp3) is 0.227. The number of aromatic amines is 1. The van der Waals surface area contributed by atoms with Gasteiger partial charge in [0.25, 0.3) is 5.69 Å². The third-order valence-corrected chi connectivity index (χ3v) is 4.91. The van der Waals surface area contributed by atoms with Crippen LogP contribution in [0.1, 0.15) is 16.1 Å². The van der Waals surface area contributed by atoms with Crippen molar-refractivity contribution in [2.24, 2.45) is 0 Å². The molecule has 3 aromatic rings. The van der Waals surface area contributed by atoms with Gasteiger partial charge in [0.15, 0.2) is 5.75 Å². The number of carbonyl (C=O) groups excluding carboxylic acids is 3. The van der Waals surface area contributed by atoms with Gasteiger partial charge in [-0.3, -0.25) is 25.0 Å². The Labute approximate surface area is 208 Å². The smallest absolute Gasteiger partial charge is 0.374 e. The first-order chi connectivity index (χ1) is 17.5. The first-order valence-corrected chi connectivity index (χ1v) is 10.1. The van der Waals surface area contributed by atoms with Gasteiger partial charge in [0, 0.05) is 22.9 Å². The van der Waals surface area contributed by atoms with E-state index < -0.39 is 45.4 Å². The van der Waals surface area contributed by atoms with Gasteiger partial charge in [-0.05, 0) is 24.3 Å². The fourth-order valence-electron chi connectivity index (χ4n) is 3.15. The molecule has 0 saturated heterocycles. The van der Waals surface area contributed by atoms with Crippen LogP contribution in [0.25, 0.3) is 10.9 Å². The van der Waals surface area contributed by atoms with E-state index in [1.165, 1.54) is 7.11 Å². The van der Waals surface area contributed by atoms with Crippen molar-refractivity contribution in [3.05, 3.63) is 61.8 Å². The molecule has 0 aliphatic carbocycles. The zero-order valence-electron chi connectivity index (χ0n) is 20.1. The molecule has 0 spiro atoms. The van der Waals surface area contributed by atoms with Gasteiger partial charge in [0.1, 0.15) is 11.4 Å². The van der Waals surface area contributed by atoms with E-state index in [1.54, 1.807) is 25.3 Å². The van der Waals surface area contributed by atoms with Crippen LogP contribution in [0.3, 0.4) is 0 Å².